The summed E-state index contributed by atoms with van der Waals surface area (Å²) in [5, 5.41) is 12.2. The zero-order chi connectivity index (χ0) is 28.4. The molecule has 12 heteroatoms. The van der Waals surface area contributed by atoms with Gasteiger partial charge < -0.3 is 25.0 Å². The average Bonchev–Trinajstić information content (AvgIpc) is 3.57. The lowest BCUT2D eigenvalue weighted by Crippen LogP contribution is -2.70. The quantitative estimate of drug-likeness (QED) is 0.275. The van der Waals surface area contributed by atoms with Crippen LogP contribution in [-0.4, -0.2) is 99.0 Å². The Kier molecular flexibility index (Phi) is 7.97. The molecule has 0 aromatic heterocycles. The molecule has 1 aromatic rings. The van der Waals surface area contributed by atoms with Crippen LogP contribution < -0.4 is 5.32 Å². The van der Waals surface area contributed by atoms with Crippen LogP contribution in [0.3, 0.4) is 0 Å². The van der Waals surface area contributed by atoms with Crippen molar-refractivity contribution >= 4 is 41.5 Å². The number of ether oxygens (including phenoxy) is 1. The van der Waals surface area contributed by atoms with Gasteiger partial charge in [-0.1, -0.05) is 43.0 Å². The molecule has 4 heterocycles. The summed E-state index contributed by atoms with van der Waals surface area (Å²) in [5.41, 5.74) is 1.52. The van der Waals surface area contributed by atoms with E-state index in [0.29, 0.717) is 43.6 Å². The Morgan fingerprint density at radius 2 is 1.95 bits per heavy atom. The van der Waals surface area contributed by atoms with Crippen LogP contribution in [0.1, 0.15) is 18.4 Å². The highest BCUT2D eigenvalue weighted by molar-refractivity contribution is 8.00. The molecule has 3 saturated heterocycles. The van der Waals surface area contributed by atoms with E-state index in [0.717, 1.165) is 5.56 Å². The number of rotatable bonds is 8. The molecule has 1 aromatic carbocycles. The number of amides is 4. The minimum absolute atomic E-state index is 0.119. The van der Waals surface area contributed by atoms with Crippen LogP contribution in [0.25, 0.3) is 0 Å². The van der Waals surface area contributed by atoms with E-state index in [1.54, 1.807) is 15.9 Å². The molecule has 0 spiro atoms. The van der Waals surface area contributed by atoms with Crippen LogP contribution in [0.15, 0.2) is 65.9 Å². The highest BCUT2D eigenvalue weighted by atomic mass is 32.2. The van der Waals surface area contributed by atoms with Crippen molar-refractivity contribution in [3.8, 4) is 0 Å². The van der Waals surface area contributed by atoms with Gasteiger partial charge in [-0.15, -0.1) is 11.8 Å². The Hall–Kier alpha value is -4.06. The second-order valence-corrected chi connectivity index (χ2v) is 11.1. The summed E-state index contributed by atoms with van der Waals surface area (Å²) >= 11 is 1.36. The molecule has 2 N–H and O–H groups in total. The number of carbonyl (C=O) groups excluding carboxylic acids is 4. The minimum atomic E-state index is -1.26. The number of nitrogens with zero attached hydrogens (tertiary/aromatic N) is 3. The van der Waals surface area contributed by atoms with Gasteiger partial charge in [0.15, 0.2) is 0 Å². The van der Waals surface area contributed by atoms with E-state index < -0.39 is 29.4 Å². The summed E-state index contributed by atoms with van der Waals surface area (Å²) in [7, 11) is 0. The fourth-order valence-electron chi connectivity index (χ4n) is 5.47. The number of fused-ring (bicyclic) bond motifs is 1. The van der Waals surface area contributed by atoms with Gasteiger partial charge in [0.25, 0.3) is 5.91 Å². The standard InChI is InChI=1S/C28H30N4O7S/c1-2-12-39-28(38)30-10-9-20(15-30)31-11-8-18(24(31)34)14-19-16-40-26-22(25(35)32(26)23(19)27(36)37)29-21(33)13-17-6-4-3-5-7-17/h2-7,14,20,22,26H,1,8-13,15-16H2,(H,29,33)(H,36,37)/t20-,22-,26-/m1/s1. The van der Waals surface area contributed by atoms with Crippen molar-refractivity contribution in [3.05, 3.63) is 71.5 Å². The van der Waals surface area contributed by atoms with E-state index in [-0.39, 0.29) is 42.3 Å². The first-order valence-corrected chi connectivity index (χ1v) is 14.1. The van der Waals surface area contributed by atoms with E-state index in [2.05, 4.69) is 11.9 Å². The molecule has 3 atom stereocenters. The zero-order valence-corrected chi connectivity index (χ0v) is 22.6. The number of aliphatic carboxylic acids is 1. The number of β-lactam (4-membered cyclic amide) rings is 1. The van der Waals surface area contributed by atoms with Crippen molar-refractivity contribution in [2.24, 2.45) is 0 Å². The summed E-state index contributed by atoms with van der Waals surface area (Å²) < 4.78 is 5.09. The Labute approximate surface area is 235 Å². The Balaban J connectivity index is 1.25. The van der Waals surface area contributed by atoms with Gasteiger partial charge in [0, 0.05) is 31.0 Å². The van der Waals surface area contributed by atoms with Crippen molar-refractivity contribution in [2.75, 3.05) is 32.0 Å². The molecule has 0 aliphatic carbocycles. The predicted octanol–water partition coefficient (Wildman–Crippen LogP) is 1.52. The minimum Gasteiger partial charge on any atom is -0.477 e. The Morgan fingerprint density at radius 1 is 1.18 bits per heavy atom. The molecule has 5 rings (SSSR count). The van der Waals surface area contributed by atoms with E-state index in [4.69, 9.17) is 4.74 Å². The first-order valence-electron chi connectivity index (χ1n) is 13.1. The number of carboxylic acids is 1. The first kappa shape index (κ1) is 27.5. The second-order valence-electron chi connectivity index (χ2n) is 9.97. The van der Waals surface area contributed by atoms with Crippen LogP contribution >= 0.6 is 11.8 Å². The number of likely N-dealkylation sites (tertiary alicyclic amines) is 2. The van der Waals surface area contributed by atoms with Crippen LogP contribution in [-0.2, 0) is 30.3 Å². The first-order chi connectivity index (χ1) is 19.3. The summed E-state index contributed by atoms with van der Waals surface area (Å²) in [6.45, 7) is 4.97. The molecule has 4 aliphatic rings. The van der Waals surface area contributed by atoms with Gasteiger partial charge in [-0.05, 0) is 30.1 Å². The summed E-state index contributed by atoms with van der Waals surface area (Å²) in [5.74, 6) is -1.97. The molecule has 4 aliphatic heterocycles. The van der Waals surface area contributed by atoms with Crippen molar-refractivity contribution in [3.63, 3.8) is 0 Å². The largest absolute Gasteiger partial charge is 0.477 e. The topological polar surface area (TPSA) is 137 Å². The summed E-state index contributed by atoms with van der Waals surface area (Å²) in [4.78, 5) is 67.6. The maximum Gasteiger partial charge on any atom is 0.410 e. The Bertz CT molecular complexity index is 1310. The van der Waals surface area contributed by atoms with E-state index in [1.807, 2.05) is 30.3 Å². The lowest BCUT2D eigenvalue weighted by Gasteiger charge is -2.49. The number of benzene rings is 1. The van der Waals surface area contributed by atoms with Crippen molar-refractivity contribution in [2.45, 2.75) is 36.7 Å². The molecular formula is C28H30N4O7S. The Morgan fingerprint density at radius 3 is 2.67 bits per heavy atom. The molecule has 3 fully saturated rings. The smallest absolute Gasteiger partial charge is 0.410 e. The summed E-state index contributed by atoms with van der Waals surface area (Å²) in [6, 6.07) is 8.19. The third kappa shape index (κ3) is 5.35. The van der Waals surface area contributed by atoms with E-state index in [9.17, 15) is 29.1 Å². The molecule has 4 amide bonds. The fourth-order valence-corrected chi connectivity index (χ4v) is 6.78. The molecule has 40 heavy (non-hydrogen) atoms. The number of hydrogen-bond donors (Lipinski definition) is 2. The molecule has 0 saturated carbocycles. The van der Waals surface area contributed by atoms with Gasteiger partial charge >= 0.3 is 12.1 Å². The SMILES string of the molecule is C=CCOC(=O)N1CC[C@@H](N2CCC(=CC3=C(C(=O)O)N4C(=O)[C@@H](NC(=O)Cc5ccccc5)[C@H]4SC3)C2=O)C1. The van der Waals surface area contributed by atoms with Gasteiger partial charge in [0.1, 0.15) is 23.7 Å². The number of allylic oxidation sites excluding steroid dienone is 1. The highest BCUT2D eigenvalue weighted by Crippen LogP contribution is 2.41. The van der Waals surface area contributed by atoms with Crippen molar-refractivity contribution in [1.29, 1.82) is 0 Å². The third-order valence-corrected chi connectivity index (χ3v) is 8.72. The highest BCUT2D eigenvalue weighted by Gasteiger charge is 2.54. The van der Waals surface area contributed by atoms with Crippen LogP contribution in [0.2, 0.25) is 0 Å². The predicted molar refractivity (Wildman–Crippen MR) is 146 cm³/mol. The molecule has 0 radical (unpaired) electrons. The summed E-state index contributed by atoms with van der Waals surface area (Å²) in [6.07, 6.45) is 3.83. The molecular weight excluding hydrogens is 536 g/mol. The van der Waals surface area contributed by atoms with Gasteiger partial charge in [-0.25, -0.2) is 9.59 Å². The van der Waals surface area contributed by atoms with Crippen molar-refractivity contribution in [1.82, 2.24) is 20.0 Å². The molecule has 0 bridgehead atoms. The van der Waals surface area contributed by atoms with E-state index in [1.165, 1.54) is 22.7 Å². The van der Waals surface area contributed by atoms with Gasteiger partial charge in [-0.3, -0.25) is 19.3 Å². The molecule has 210 valence electrons. The van der Waals surface area contributed by atoms with Gasteiger partial charge in [0.2, 0.25) is 11.8 Å². The van der Waals surface area contributed by atoms with E-state index >= 15 is 0 Å². The number of carboxylic acid groups (broad SMARTS) is 1. The van der Waals surface area contributed by atoms with Gasteiger partial charge in [-0.2, -0.15) is 0 Å². The lowest BCUT2D eigenvalue weighted by atomic mass is 10.0. The second kappa shape index (κ2) is 11.6. The monoisotopic (exact) mass is 566 g/mol. The normalized spacial score (nSPS) is 25.1. The fraction of sp³-hybridized carbons (Fsp3) is 0.393. The number of thioether (sulfide) groups is 1. The van der Waals surface area contributed by atoms with Crippen molar-refractivity contribution < 1.29 is 33.8 Å². The zero-order valence-electron chi connectivity index (χ0n) is 21.8. The number of nitrogens with one attached hydrogen (secondary N) is 1. The molecule has 0 unspecified atom stereocenters. The average molecular weight is 567 g/mol. The maximum absolute atomic E-state index is 13.2. The van der Waals surface area contributed by atoms with Crippen LogP contribution in [0, 0.1) is 0 Å². The lowest BCUT2D eigenvalue weighted by molar-refractivity contribution is -0.150. The molecule has 11 nitrogen and oxygen atoms in total. The van der Waals surface area contributed by atoms with Crippen LogP contribution in [0.5, 0.6) is 0 Å². The van der Waals surface area contributed by atoms with Crippen LogP contribution in [0.4, 0.5) is 4.79 Å². The number of hydrogen-bond acceptors (Lipinski definition) is 7. The van der Waals surface area contributed by atoms with Gasteiger partial charge in [0.05, 0.1) is 12.5 Å². The number of carbonyl (C=O) groups is 5. The third-order valence-electron chi connectivity index (χ3n) is 7.42. The maximum atomic E-state index is 13.2.